The molecule has 1 saturated carbocycles. The van der Waals surface area contributed by atoms with E-state index in [1.54, 1.807) is 11.3 Å². The van der Waals surface area contributed by atoms with Gasteiger partial charge in [-0.3, -0.25) is 9.69 Å². The molecule has 1 aliphatic carbocycles. The second-order valence-corrected chi connectivity index (χ2v) is 9.55. The van der Waals surface area contributed by atoms with Gasteiger partial charge in [-0.25, -0.2) is 4.98 Å². The Labute approximate surface area is 161 Å². The summed E-state index contributed by atoms with van der Waals surface area (Å²) in [6.07, 6.45) is 7.55. The standard InChI is InChI=1S/C20H32N4OS/c1-16-21-18(15-26-16)14-24-12-11-22(2)19(25)20(24)7-9-23(10-8-20)13-17-5-3-4-6-17/h15,17H,3-14H2,1-2H3. The quantitative estimate of drug-likeness (QED) is 0.810. The van der Waals surface area contributed by atoms with Gasteiger partial charge >= 0.3 is 0 Å². The summed E-state index contributed by atoms with van der Waals surface area (Å²) in [6.45, 7) is 8.01. The van der Waals surface area contributed by atoms with Crippen LogP contribution >= 0.6 is 11.3 Å². The molecule has 2 aliphatic heterocycles. The maximum atomic E-state index is 13.2. The van der Waals surface area contributed by atoms with Gasteiger partial charge < -0.3 is 9.80 Å². The maximum Gasteiger partial charge on any atom is 0.242 e. The second kappa shape index (κ2) is 7.56. The summed E-state index contributed by atoms with van der Waals surface area (Å²) in [5, 5.41) is 3.27. The highest BCUT2D eigenvalue weighted by molar-refractivity contribution is 7.09. The zero-order chi connectivity index (χ0) is 18.1. The highest BCUT2D eigenvalue weighted by atomic mass is 32.1. The van der Waals surface area contributed by atoms with Gasteiger partial charge in [0, 0.05) is 51.7 Å². The highest BCUT2D eigenvalue weighted by Gasteiger charge is 2.50. The predicted octanol–water partition coefficient (Wildman–Crippen LogP) is 2.75. The van der Waals surface area contributed by atoms with E-state index in [0.29, 0.717) is 5.91 Å². The van der Waals surface area contributed by atoms with E-state index in [0.717, 1.165) is 62.2 Å². The van der Waals surface area contributed by atoms with Crippen molar-refractivity contribution in [2.24, 2.45) is 5.92 Å². The van der Waals surface area contributed by atoms with Crippen LogP contribution in [0, 0.1) is 12.8 Å². The maximum absolute atomic E-state index is 13.2. The molecule has 1 amide bonds. The second-order valence-electron chi connectivity index (χ2n) is 8.49. The van der Waals surface area contributed by atoms with Gasteiger partial charge in [0.05, 0.1) is 10.7 Å². The van der Waals surface area contributed by atoms with Crippen molar-refractivity contribution >= 4 is 17.2 Å². The van der Waals surface area contributed by atoms with Crippen molar-refractivity contribution in [2.45, 2.75) is 57.5 Å². The fraction of sp³-hybridized carbons (Fsp3) is 0.800. The Balaban J connectivity index is 1.45. The van der Waals surface area contributed by atoms with E-state index in [-0.39, 0.29) is 5.54 Å². The molecule has 1 aromatic heterocycles. The van der Waals surface area contributed by atoms with E-state index in [2.05, 4.69) is 27.1 Å². The molecule has 3 aliphatic rings. The average Bonchev–Trinajstić information content (AvgIpc) is 3.29. The highest BCUT2D eigenvalue weighted by Crippen LogP contribution is 2.36. The number of hydrogen-bond acceptors (Lipinski definition) is 5. The van der Waals surface area contributed by atoms with E-state index < -0.39 is 0 Å². The van der Waals surface area contributed by atoms with Crippen molar-refractivity contribution in [1.29, 1.82) is 0 Å². The first-order valence-corrected chi connectivity index (χ1v) is 11.1. The molecule has 0 atom stereocenters. The Hall–Kier alpha value is -0.980. The van der Waals surface area contributed by atoms with E-state index in [9.17, 15) is 4.79 Å². The van der Waals surface area contributed by atoms with Crippen molar-refractivity contribution in [3.05, 3.63) is 16.1 Å². The summed E-state index contributed by atoms with van der Waals surface area (Å²) < 4.78 is 0. The number of nitrogens with zero attached hydrogens (tertiary/aromatic N) is 4. The summed E-state index contributed by atoms with van der Waals surface area (Å²) in [5.74, 6) is 1.22. The molecule has 3 heterocycles. The van der Waals surface area contributed by atoms with Crippen LogP contribution < -0.4 is 0 Å². The number of piperazine rings is 1. The van der Waals surface area contributed by atoms with Gasteiger partial charge in [0.2, 0.25) is 5.91 Å². The van der Waals surface area contributed by atoms with E-state index in [4.69, 9.17) is 0 Å². The SMILES string of the molecule is Cc1nc(CN2CCN(C)C(=O)C23CCN(CC2CCCC2)CC3)cs1. The van der Waals surface area contributed by atoms with E-state index >= 15 is 0 Å². The lowest BCUT2D eigenvalue weighted by Crippen LogP contribution is -2.67. The van der Waals surface area contributed by atoms with Crippen molar-refractivity contribution in [1.82, 2.24) is 19.7 Å². The van der Waals surface area contributed by atoms with Gasteiger partial charge in [0.1, 0.15) is 5.54 Å². The first kappa shape index (κ1) is 18.4. The Kier molecular flexibility index (Phi) is 5.35. The minimum atomic E-state index is -0.309. The number of likely N-dealkylation sites (tertiary alicyclic amines) is 1. The molecule has 0 unspecified atom stereocenters. The van der Waals surface area contributed by atoms with E-state index in [1.165, 1.54) is 32.2 Å². The van der Waals surface area contributed by atoms with Crippen molar-refractivity contribution in [3.63, 3.8) is 0 Å². The fourth-order valence-corrected chi connectivity index (χ4v) is 5.78. The van der Waals surface area contributed by atoms with Crippen LogP contribution in [-0.2, 0) is 11.3 Å². The molecule has 4 rings (SSSR count). The normalized spacial score (nSPS) is 25.5. The van der Waals surface area contributed by atoms with Gasteiger partial charge in [0.25, 0.3) is 0 Å². The zero-order valence-electron chi connectivity index (χ0n) is 16.2. The molecule has 3 fully saturated rings. The third-order valence-electron chi connectivity index (χ3n) is 6.75. The lowest BCUT2D eigenvalue weighted by Gasteiger charge is -2.52. The molecule has 2 saturated heterocycles. The summed E-state index contributed by atoms with van der Waals surface area (Å²) in [5.41, 5.74) is 0.814. The Bertz CT molecular complexity index is 632. The zero-order valence-corrected chi connectivity index (χ0v) is 17.1. The van der Waals surface area contributed by atoms with Crippen LogP contribution in [0.25, 0.3) is 0 Å². The van der Waals surface area contributed by atoms with Crippen molar-refractivity contribution in [3.8, 4) is 0 Å². The Morgan fingerprint density at radius 3 is 2.58 bits per heavy atom. The minimum absolute atomic E-state index is 0.309. The van der Waals surface area contributed by atoms with Crippen LogP contribution in [0.15, 0.2) is 5.38 Å². The van der Waals surface area contributed by atoms with Crippen LogP contribution in [-0.4, -0.2) is 70.9 Å². The molecule has 1 aromatic rings. The average molecular weight is 377 g/mol. The number of piperidine rings is 1. The van der Waals surface area contributed by atoms with Crippen molar-refractivity contribution in [2.75, 3.05) is 39.8 Å². The minimum Gasteiger partial charge on any atom is -0.343 e. The monoisotopic (exact) mass is 376 g/mol. The first-order valence-electron chi connectivity index (χ1n) is 10.2. The van der Waals surface area contributed by atoms with Crippen LogP contribution in [0.2, 0.25) is 0 Å². The molecule has 5 nitrogen and oxygen atoms in total. The lowest BCUT2D eigenvalue weighted by atomic mass is 9.82. The first-order chi connectivity index (χ1) is 12.6. The van der Waals surface area contributed by atoms with Crippen LogP contribution in [0.1, 0.15) is 49.2 Å². The largest absolute Gasteiger partial charge is 0.343 e. The Morgan fingerprint density at radius 1 is 1.19 bits per heavy atom. The molecule has 26 heavy (non-hydrogen) atoms. The molecule has 0 radical (unpaired) electrons. The molecule has 0 N–H and O–H groups in total. The Morgan fingerprint density at radius 2 is 1.92 bits per heavy atom. The summed E-state index contributed by atoms with van der Waals surface area (Å²) in [7, 11) is 1.97. The summed E-state index contributed by atoms with van der Waals surface area (Å²) >= 11 is 1.71. The molecular weight excluding hydrogens is 344 g/mol. The molecule has 0 bridgehead atoms. The van der Waals surface area contributed by atoms with Crippen LogP contribution in [0.5, 0.6) is 0 Å². The molecule has 1 spiro atoms. The molecular formula is C20H32N4OS. The number of aryl methyl sites for hydroxylation is 1. The van der Waals surface area contributed by atoms with Crippen LogP contribution in [0.3, 0.4) is 0 Å². The van der Waals surface area contributed by atoms with Crippen molar-refractivity contribution < 1.29 is 4.79 Å². The molecule has 0 aromatic carbocycles. The number of rotatable bonds is 4. The third kappa shape index (κ3) is 3.56. The van der Waals surface area contributed by atoms with Crippen LogP contribution in [0.4, 0.5) is 0 Å². The van der Waals surface area contributed by atoms with Gasteiger partial charge in [-0.2, -0.15) is 0 Å². The third-order valence-corrected chi connectivity index (χ3v) is 7.57. The van der Waals surface area contributed by atoms with Gasteiger partial charge in [-0.15, -0.1) is 11.3 Å². The lowest BCUT2D eigenvalue weighted by molar-refractivity contribution is -0.155. The number of amides is 1. The number of hydrogen-bond donors (Lipinski definition) is 0. The van der Waals surface area contributed by atoms with E-state index in [1.807, 2.05) is 11.9 Å². The summed E-state index contributed by atoms with van der Waals surface area (Å²) in [4.78, 5) is 24.9. The number of aromatic nitrogens is 1. The number of carbonyl (C=O) groups is 1. The number of thiazole rings is 1. The smallest absolute Gasteiger partial charge is 0.242 e. The summed E-state index contributed by atoms with van der Waals surface area (Å²) in [6, 6.07) is 0. The molecule has 144 valence electrons. The topological polar surface area (TPSA) is 39.7 Å². The fourth-order valence-electron chi connectivity index (χ4n) is 5.18. The number of likely N-dealkylation sites (N-methyl/N-ethyl adjacent to an activating group) is 1. The predicted molar refractivity (Wildman–Crippen MR) is 105 cm³/mol. The molecule has 6 heteroatoms. The van der Waals surface area contributed by atoms with Gasteiger partial charge in [-0.1, -0.05) is 12.8 Å². The number of carbonyl (C=O) groups excluding carboxylic acids is 1. The van der Waals surface area contributed by atoms with Gasteiger partial charge in [0.15, 0.2) is 0 Å². The van der Waals surface area contributed by atoms with Gasteiger partial charge in [-0.05, 0) is 38.5 Å².